The van der Waals surface area contributed by atoms with Crippen LogP contribution in [0.4, 0.5) is 0 Å². The van der Waals surface area contributed by atoms with E-state index in [2.05, 4.69) is 0 Å². The topological polar surface area (TPSA) is 37.3 Å². The molecule has 2 rings (SSSR count). The monoisotopic (exact) mass is 258 g/mol. The van der Waals surface area contributed by atoms with E-state index >= 15 is 0 Å². The van der Waals surface area contributed by atoms with Crippen LogP contribution in [0.1, 0.15) is 5.56 Å². The summed E-state index contributed by atoms with van der Waals surface area (Å²) >= 11 is 1.33. The SMILES string of the molecule is O=C(O)C1SC=CC=CC=C1Cc1ccccc1. The van der Waals surface area contributed by atoms with Gasteiger partial charge in [-0.25, -0.2) is 0 Å². The summed E-state index contributed by atoms with van der Waals surface area (Å²) in [5.74, 6) is -0.790. The quantitative estimate of drug-likeness (QED) is 0.902. The number of carboxylic acid groups (broad SMARTS) is 1. The van der Waals surface area contributed by atoms with Gasteiger partial charge in [0.25, 0.3) is 0 Å². The number of rotatable bonds is 3. The van der Waals surface area contributed by atoms with Gasteiger partial charge in [-0.1, -0.05) is 54.6 Å². The molecule has 0 amide bonds. The average molecular weight is 258 g/mol. The maximum Gasteiger partial charge on any atom is 0.321 e. The van der Waals surface area contributed by atoms with E-state index in [1.807, 2.05) is 60.0 Å². The smallest absolute Gasteiger partial charge is 0.321 e. The van der Waals surface area contributed by atoms with Crippen LogP contribution in [0.3, 0.4) is 0 Å². The fraction of sp³-hybridized carbons (Fsp3) is 0.133. The number of benzene rings is 1. The Balaban J connectivity index is 2.24. The van der Waals surface area contributed by atoms with Gasteiger partial charge in [-0.05, 0) is 23.0 Å². The molecule has 0 saturated heterocycles. The van der Waals surface area contributed by atoms with Crippen LogP contribution in [-0.2, 0) is 11.2 Å². The lowest BCUT2D eigenvalue weighted by molar-refractivity contribution is -0.135. The molecule has 0 spiro atoms. The van der Waals surface area contributed by atoms with Crippen LogP contribution in [0.5, 0.6) is 0 Å². The zero-order chi connectivity index (χ0) is 12.8. The third-order valence-corrected chi connectivity index (χ3v) is 3.73. The van der Waals surface area contributed by atoms with Crippen LogP contribution in [-0.4, -0.2) is 16.3 Å². The van der Waals surface area contributed by atoms with Crippen molar-refractivity contribution in [1.29, 1.82) is 0 Å². The first kappa shape index (κ1) is 12.7. The summed E-state index contributed by atoms with van der Waals surface area (Å²) in [6, 6.07) is 9.93. The van der Waals surface area contributed by atoms with E-state index in [0.717, 1.165) is 11.1 Å². The van der Waals surface area contributed by atoms with Crippen molar-refractivity contribution in [3.8, 4) is 0 Å². The molecule has 1 atom stereocenters. The molecule has 1 heterocycles. The van der Waals surface area contributed by atoms with Gasteiger partial charge < -0.3 is 5.11 Å². The molecule has 1 N–H and O–H groups in total. The van der Waals surface area contributed by atoms with E-state index in [4.69, 9.17) is 0 Å². The van der Waals surface area contributed by atoms with Gasteiger partial charge in [-0.15, -0.1) is 11.8 Å². The summed E-state index contributed by atoms with van der Waals surface area (Å²) in [4.78, 5) is 11.3. The highest BCUT2D eigenvalue weighted by molar-refractivity contribution is 8.03. The van der Waals surface area contributed by atoms with E-state index in [1.54, 1.807) is 0 Å². The summed E-state index contributed by atoms with van der Waals surface area (Å²) in [5.41, 5.74) is 2.05. The molecule has 1 unspecified atom stereocenters. The van der Waals surface area contributed by atoms with E-state index in [-0.39, 0.29) is 0 Å². The number of thioether (sulfide) groups is 1. The lowest BCUT2D eigenvalue weighted by atomic mass is 10.0. The molecule has 2 nitrogen and oxygen atoms in total. The van der Waals surface area contributed by atoms with Gasteiger partial charge in [0.05, 0.1) is 0 Å². The molecular formula is C15H14O2S. The Kier molecular flexibility index (Phi) is 4.42. The number of allylic oxidation sites excluding steroid dienone is 4. The Morgan fingerprint density at radius 3 is 2.67 bits per heavy atom. The van der Waals surface area contributed by atoms with E-state index in [9.17, 15) is 9.90 Å². The maximum absolute atomic E-state index is 11.3. The minimum Gasteiger partial charge on any atom is -0.480 e. The zero-order valence-corrected chi connectivity index (χ0v) is 10.6. The maximum atomic E-state index is 11.3. The lowest BCUT2D eigenvalue weighted by Gasteiger charge is -2.15. The van der Waals surface area contributed by atoms with Gasteiger partial charge in [-0.3, -0.25) is 4.79 Å². The van der Waals surface area contributed by atoms with Crippen molar-refractivity contribution in [1.82, 2.24) is 0 Å². The largest absolute Gasteiger partial charge is 0.480 e. The molecule has 3 heteroatoms. The van der Waals surface area contributed by atoms with Gasteiger partial charge in [0.15, 0.2) is 0 Å². The lowest BCUT2D eigenvalue weighted by Crippen LogP contribution is -2.20. The molecule has 1 aliphatic rings. The zero-order valence-electron chi connectivity index (χ0n) is 9.82. The third-order valence-electron chi connectivity index (χ3n) is 2.64. The molecule has 92 valence electrons. The van der Waals surface area contributed by atoms with Crippen LogP contribution in [0.15, 0.2) is 65.6 Å². The number of carbonyl (C=O) groups is 1. The van der Waals surface area contributed by atoms with Crippen molar-refractivity contribution in [3.05, 3.63) is 71.2 Å². The fourth-order valence-electron chi connectivity index (χ4n) is 1.79. The number of aliphatic carboxylic acids is 1. The molecule has 0 fully saturated rings. The Hall–Kier alpha value is -1.74. The van der Waals surface area contributed by atoms with Crippen LogP contribution >= 0.6 is 11.8 Å². The fourth-order valence-corrected chi connectivity index (χ4v) is 2.58. The minimum atomic E-state index is -0.790. The Morgan fingerprint density at radius 1 is 1.17 bits per heavy atom. The highest BCUT2D eigenvalue weighted by atomic mass is 32.2. The van der Waals surface area contributed by atoms with E-state index in [0.29, 0.717) is 6.42 Å². The second kappa shape index (κ2) is 6.26. The Morgan fingerprint density at radius 2 is 1.94 bits per heavy atom. The average Bonchev–Trinajstić information content (AvgIpc) is 2.33. The Labute approximate surface area is 111 Å². The van der Waals surface area contributed by atoms with Crippen molar-refractivity contribution < 1.29 is 9.90 Å². The molecule has 1 aliphatic heterocycles. The molecule has 1 aromatic carbocycles. The molecule has 1 aromatic rings. The standard InChI is InChI=1S/C15H14O2S/c16-15(17)14-13(9-5-2-6-10-18-14)11-12-7-3-1-4-8-12/h1-10,14H,11H2,(H,16,17). The van der Waals surface area contributed by atoms with Gasteiger partial charge in [0, 0.05) is 0 Å². The van der Waals surface area contributed by atoms with Crippen LogP contribution in [0, 0.1) is 0 Å². The van der Waals surface area contributed by atoms with Gasteiger partial charge in [0.1, 0.15) is 5.25 Å². The van der Waals surface area contributed by atoms with Crippen LogP contribution in [0.25, 0.3) is 0 Å². The van der Waals surface area contributed by atoms with Gasteiger partial charge >= 0.3 is 5.97 Å². The summed E-state index contributed by atoms with van der Waals surface area (Å²) in [5, 5.41) is 10.6. The highest BCUT2D eigenvalue weighted by Gasteiger charge is 2.22. The van der Waals surface area contributed by atoms with Gasteiger partial charge in [-0.2, -0.15) is 0 Å². The molecule has 0 bridgehead atoms. The number of hydrogen-bond acceptors (Lipinski definition) is 2. The highest BCUT2D eigenvalue weighted by Crippen LogP contribution is 2.25. The van der Waals surface area contributed by atoms with E-state index in [1.165, 1.54) is 11.8 Å². The molecule has 0 saturated carbocycles. The first-order valence-electron chi connectivity index (χ1n) is 5.72. The molecule has 0 aromatic heterocycles. The summed E-state index contributed by atoms with van der Waals surface area (Å²) < 4.78 is 0. The molecule has 0 aliphatic carbocycles. The second-order valence-electron chi connectivity index (χ2n) is 3.97. The summed E-state index contributed by atoms with van der Waals surface area (Å²) in [6.45, 7) is 0. The first-order valence-corrected chi connectivity index (χ1v) is 6.66. The van der Waals surface area contributed by atoms with Crippen molar-refractivity contribution in [3.63, 3.8) is 0 Å². The van der Waals surface area contributed by atoms with Crippen molar-refractivity contribution >= 4 is 17.7 Å². The first-order chi connectivity index (χ1) is 8.77. The third kappa shape index (κ3) is 3.37. The number of carboxylic acids is 1. The predicted octanol–water partition coefficient (Wildman–Crippen LogP) is 3.43. The normalized spacial score (nSPS) is 18.9. The van der Waals surface area contributed by atoms with Crippen molar-refractivity contribution in [2.45, 2.75) is 11.7 Å². The van der Waals surface area contributed by atoms with Crippen LogP contribution in [0.2, 0.25) is 0 Å². The molecule has 18 heavy (non-hydrogen) atoms. The Bertz CT molecular complexity index is 500. The van der Waals surface area contributed by atoms with Crippen LogP contribution < -0.4 is 0 Å². The molecular weight excluding hydrogens is 244 g/mol. The van der Waals surface area contributed by atoms with Gasteiger partial charge in [0.2, 0.25) is 0 Å². The molecule has 0 radical (unpaired) electrons. The van der Waals surface area contributed by atoms with Crippen molar-refractivity contribution in [2.24, 2.45) is 0 Å². The number of hydrogen-bond donors (Lipinski definition) is 1. The summed E-state index contributed by atoms with van der Waals surface area (Å²) in [6.07, 6.45) is 8.24. The van der Waals surface area contributed by atoms with Crippen molar-refractivity contribution in [2.75, 3.05) is 0 Å². The minimum absolute atomic E-state index is 0.508. The summed E-state index contributed by atoms with van der Waals surface area (Å²) in [7, 11) is 0. The second-order valence-corrected chi connectivity index (χ2v) is 4.99. The predicted molar refractivity (Wildman–Crippen MR) is 75.5 cm³/mol. The van der Waals surface area contributed by atoms with E-state index < -0.39 is 11.2 Å².